The number of carbonyl (C=O) groups excluding carboxylic acids is 1. The van der Waals surface area contributed by atoms with Crippen LogP contribution in [0.25, 0.3) is 0 Å². The van der Waals surface area contributed by atoms with Crippen LogP contribution in [0, 0.1) is 5.92 Å². The minimum absolute atomic E-state index is 0.00703. The molecule has 1 aliphatic heterocycles. The third-order valence-corrected chi connectivity index (χ3v) is 3.88. The predicted octanol–water partition coefficient (Wildman–Crippen LogP) is 1.41. The molecule has 1 unspecified atom stereocenters. The van der Waals surface area contributed by atoms with Crippen molar-refractivity contribution >= 4 is 5.97 Å². The molecule has 0 aliphatic carbocycles. The van der Waals surface area contributed by atoms with Crippen molar-refractivity contribution in [3.63, 3.8) is 0 Å². The standard InChI is InChI=1S/C16H24N2O3/c1-20-16(19)14-3-2-8-18(12-14)9-10-21-15-6-4-13(11-17)5-7-15/h4-7,14H,2-3,8-12,17H2,1H3. The molecular weight excluding hydrogens is 268 g/mol. The van der Waals surface area contributed by atoms with E-state index in [1.807, 2.05) is 24.3 Å². The Bertz CT molecular complexity index is 447. The highest BCUT2D eigenvalue weighted by Crippen LogP contribution is 2.18. The zero-order chi connectivity index (χ0) is 15.1. The van der Waals surface area contributed by atoms with Crippen molar-refractivity contribution in [3.8, 4) is 5.75 Å². The number of ether oxygens (including phenoxy) is 2. The van der Waals surface area contributed by atoms with Gasteiger partial charge in [-0.2, -0.15) is 0 Å². The zero-order valence-corrected chi connectivity index (χ0v) is 12.6. The van der Waals surface area contributed by atoms with Crippen LogP contribution in [0.5, 0.6) is 5.75 Å². The molecule has 116 valence electrons. The van der Waals surface area contributed by atoms with E-state index in [0.717, 1.165) is 43.8 Å². The van der Waals surface area contributed by atoms with Crippen molar-refractivity contribution in [2.24, 2.45) is 11.7 Å². The summed E-state index contributed by atoms with van der Waals surface area (Å²) >= 11 is 0. The van der Waals surface area contributed by atoms with Crippen LogP contribution in [-0.2, 0) is 16.1 Å². The lowest BCUT2D eigenvalue weighted by Gasteiger charge is -2.31. The quantitative estimate of drug-likeness (QED) is 0.803. The summed E-state index contributed by atoms with van der Waals surface area (Å²) in [5.41, 5.74) is 6.66. The maximum atomic E-state index is 11.6. The van der Waals surface area contributed by atoms with Crippen LogP contribution in [-0.4, -0.2) is 44.2 Å². The molecule has 1 aromatic carbocycles. The van der Waals surface area contributed by atoms with E-state index in [-0.39, 0.29) is 11.9 Å². The average Bonchev–Trinajstić information content (AvgIpc) is 2.55. The Labute approximate surface area is 126 Å². The number of esters is 1. The summed E-state index contributed by atoms with van der Waals surface area (Å²) in [5.74, 6) is 0.763. The summed E-state index contributed by atoms with van der Waals surface area (Å²) in [6.07, 6.45) is 1.95. The molecule has 5 nitrogen and oxygen atoms in total. The first kappa shape index (κ1) is 15.8. The normalized spacial score (nSPS) is 19.2. The van der Waals surface area contributed by atoms with Crippen molar-refractivity contribution < 1.29 is 14.3 Å². The number of benzene rings is 1. The second-order valence-corrected chi connectivity index (χ2v) is 5.36. The molecule has 21 heavy (non-hydrogen) atoms. The molecular formula is C16H24N2O3. The Morgan fingerprint density at radius 2 is 2.14 bits per heavy atom. The number of hydrogen-bond acceptors (Lipinski definition) is 5. The lowest BCUT2D eigenvalue weighted by Crippen LogP contribution is -2.41. The monoisotopic (exact) mass is 292 g/mol. The van der Waals surface area contributed by atoms with Crippen LogP contribution in [0.4, 0.5) is 0 Å². The molecule has 0 saturated carbocycles. The van der Waals surface area contributed by atoms with Gasteiger partial charge in [-0.05, 0) is 37.1 Å². The minimum Gasteiger partial charge on any atom is -0.492 e. The minimum atomic E-state index is -0.0991. The summed E-state index contributed by atoms with van der Waals surface area (Å²) < 4.78 is 10.6. The molecule has 5 heteroatoms. The van der Waals surface area contributed by atoms with Crippen molar-refractivity contribution in [1.29, 1.82) is 0 Å². The first-order chi connectivity index (χ1) is 10.2. The summed E-state index contributed by atoms with van der Waals surface area (Å²) in [7, 11) is 1.45. The molecule has 2 N–H and O–H groups in total. The Morgan fingerprint density at radius 3 is 2.81 bits per heavy atom. The maximum Gasteiger partial charge on any atom is 0.309 e. The first-order valence-corrected chi connectivity index (χ1v) is 7.45. The molecule has 0 amide bonds. The molecule has 1 heterocycles. The molecule has 1 aromatic rings. The van der Waals surface area contributed by atoms with E-state index < -0.39 is 0 Å². The van der Waals surface area contributed by atoms with Crippen molar-refractivity contribution in [2.45, 2.75) is 19.4 Å². The fourth-order valence-corrected chi connectivity index (χ4v) is 2.63. The Kier molecular flexibility index (Phi) is 6.02. The second kappa shape index (κ2) is 8.00. The molecule has 0 aromatic heterocycles. The average molecular weight is 292 g/mol. The highest BCUT2D eigenvalue weighted by molar-refractivity contribution is 5.72. The molecule has 2 rings (SSSR count). The van der Waals surface area contributed by atoms with Gasteiger partial charge in [0, 0.05) is 19.6 Å². The predicted molar refractivity (Wildman–Crippen MR) is 81.0 cm³/mol. The molecule has 1 aliphatic rings. The van der Waals surface area contributed by atoms with Crippen LogP contribution < -0.4 is 10.5 Å². The molecule has 0 spiro atoms. The van der Waals surface area contributed by atoms with Crippen LogP contribution in [0.15, 0.2) is 24.3 Å². The first-order valence-electron chi connectivity index (χ1n) is 7.45. The molecule has 1 saturated heterocycles. The number of likely N-dealkylation sites (tertiary alicyclic amines) is 1. The van der Waals surface area contributed by atoms with Gasteiger partial charge in [-0.1, -0.05) is 12.1 Å². The molecule has 0 bridgehead atoms. The molecule has 1 fully saturated rings. The maximum absolute atomic E-state index is 11.6. The number of nitrogens with two attached hydrogens (primary N) is 1. The molecule has 0 radical (unpaired) electrons. The van der Waals surface area contributed by atoms with E-state index in [2.05, 4.69) is 4.90 Å². The van der Waals surface area contributed by atoms with Gasteiger partial charge in [-0.15, -0.1) is 0 Å². The van der Waals surface area contributed by atoms with Gasteiger partial charge in [-0.3, -0.25) is 9.69 Å². The van der Waals surface area contributed by atoms with Crippen LogP contribution in [0.2, 0.25) is 0 Å². The van der Waals surface area contributed by atoms with Crippen LogP contribution in [0.1, 0.15) is 18.4 Å². The fraction of sp³-hybridized carbons (Fsp3) is 0.562. The second-order valence-electron chi connectivity index (χ2n) is 5.36. The number of hydrogen-bond donors (Lipinski definition) is 1. The van der Waals surface area contributed by atoms with Gasteiger partial charge in [0.15, 0.2) is 0 Å². The van der Waals surface area contributed by atoms with E-state index in [1.165, 1.54) is 7.11 Å². The summed E-state index contributed by atoms with van der Waals surface area (Å²) in [5, 5.41) is 0. The fourth-order valence-electron chi connectivity index (χ4n) is 2.63. The van der Waals surface area contributed by atoms with Gasteiger partial charge < -0.3 is 15.2 Å². The van der Waals surface area contributed by atoms with E-state index in [1.54, 1.807) is 0 Å². The number of rotatable bonds is 6. The van der Waals surface area contributed by atoms with E-state index in [9.17, 15) is 4.79 Å². The third kappa shape index (κ3) is 4.72. The number of nitrogens with zero attached hydrogens (tertiary/aromatic N) is 1. The topological polar surface area (TPSA) is 64.8 Å². The number of methoxy groups -OCH3 is 1. The highest BCUT2D eigenvalue weighted by atomic mass is 16.5. The largest absolute Gasteiger partial charge is 0.492 e. The SMILES string of the molecule is COC(=O)C1CCCN(CCOc2ccc(CN)cc2)C1. The Balaban J connectivity index is 1.73. The van der Waals surface area contributed by atoms with Crippen LogP contribution >= 0.6 is 0 Å². The van der Waals surface area contributed by atoms with Gasteiger partial charge in [0.2, 0.25) is 0 Å². The lowest BCUT2D eigenvalue weighted by atomic mass is 9.98. The van der Waals surface area contributed by atoms with Crippen molar-refractivity contribution in [3.05, 3.63) is 29.8 Å². The van der Waals surface area contributed by atoms with Gasteiger partial charge in [-0.25, -0.2) is 0 Å². The Morgan fingerprint density at radius 1 is 1.38 bits per heavy atom. The van der Waals surface area contributed by atoms with E-state index in [0.29, 0.717) is 13.2 Å². The van der Waals surface area contributed by atoms with Gasteiger partial charge in [0.05, 0.1) is 13.0 Å². The van der Waals surface area contributed by atoms with Gasteiger partial charge in [0.1, 0.15) is 12.4 Å². The smallest absolute Gasteiger partial charge is 0.309 e. The molecule has 1 atom stereocenters. The summed E-state index contributed by atoms with van der Waals surface area (Å²) in [4.78, 5) is 13.8. The summed E-state index contributed by atoms with van der Waals surface area (Å²) in [6, 6.07) is 7.83. The van der Waals surface area contributed by atoms with Crippen molar-refractivity contribution in [1.82, 2.24) is 4.90 Å². The van der Waals surface area contributed by atoms with E-state index in [4.69, 9.17) is 15.2 Å². The third-order valence-electron chi connectivity index (χ3n) is 3.88. The summed E-state index contributed by atoms with van der Waals surface area (Å²) in [6.45, 7) is 3.77. The number of piperidine rings is 1. The number of carbonyl (C=O) groups is 1. The highest BCUT2D eigenvalue weighted by Gasteiger charge is 2.26. The Hall–Kier alpha value is -1.59. The van der Waals surface area contributed by atoms with Gasteiger partial charge in [0.25, 0.3) is 0 Å². The zero-order valence-electron chi connectivity index (χ0n) is 12.6. The van der Waals surface area contributed by atoms with Crippen molar-refractivity contribution in [2.75, 3.05) is 33.4 Å². The van der Waals surface area contributed by atoms with Crippen LogP contribution in [0.3, 0.4) is 0 Å². The van der Waals surface area contributed by atoms with E-state index >= 15 is 0 Å². The van der Waals surface area contributed by atoms with Gasteiger partial charge >= 0.3 is 5.97 Å². The lowest BCUT2D eigenvalue weighted by molar-refractivity contribution is -0.147.